The van der Waals surface area contributed by atoms with Crippen LogP contribution in [0.25, 0.3) is 0 Å². The minimum Gasteiger partial charge on any atom is -0.469 e. The van der Waals surface area contributed by atoms with Crippen LogP contribution in [0.4, 0.5) is 0 Å². The number of para-hydroxylation sites is 1. The first-order valence-corrected chi connectivity index (χ1v) is 8.65. The van der Waals surface area contributed by atoms with E-state index in [2.05, 4.69) is 20.7 Å². The van der Waals surface area contributed by atoms with Crippen molar-refractivity contribution < 1.29 is 19.1 Å². The highest BCUT2D eigenvalue weighted by Crippen LogP contribution is 2.28. The zero-order valence-corrected chi connectivity index (χ0v) is 15.8. The number of carbonyl (C=O) groups excluding carboxylic acids is 2. The number of rotatable bonds is 7. The summed E-state index contributed by atoms with van der Waals surface area (Å²) in [6, 6.07) is 14.5. The molecule has 2 rings (SSSR count). The molecule has 0 bridgehead atoms. The normalized spacial score (nSPS) is 10.2. The van der Waals surface area contributed by atoms with Gasteiger partial charge < -0.3 is 14.4 Å². The molecule has 0 aromatic heterocycles. The molecule has 0 aliphatic carbocycles. The molecule has 6 heteroatoms. The van der Waals surface area contributed by atoms with Crippen molar-refractivity contribution in [1.29, 1.82) is 0 Å². The number of esters is 1. The number of ether oxygens (including phenoxy) is 2. The summed E-state index contributed by atoms with van der Waals surface area (Å²) >= 11 is 3.40. The van der Waals surface area contributed by atoms with E-state index in [9.17, 15) is 9.59 Å². The summed E-state index contributed by atoms with van der Waals surface area (Å²) in [5, 5.41) is 0. The third-order valence-corrected chi connectivity index (χ3v) is 4.08. The molecule has 1 amide bonds. The van der Waals surface area contributed by atoms with Gasteiger partial charge in [-0.05, 0) is 36.8 Å². The Balaban J connectivity index is 2.08. The van der Waals surface area contributed by atoms with Gasteiger partial charge in [0, 0.05) is 24.5 Å². The third-order valence-electron chi connectivity index (χ3n) is 3.59. The van der Waals surface area contributed by atoms with Gasteiger partial charge >= 0.3 is 5.97 Å². The number of halogens is 1. The van der Waals surface area contributed by atoms with E-state index < -0.39 is 0 Å². The first-order chi connectivity index (χ1) is 12.0. The van der Waals surface area contributed by atoms with Crippen molar-refractivity contribution in [3.05, 3.63) is 58.6 Å². The maximum atomic E-state index is 12.7. The standard InChI is InChI=1S/C19H20BrNO4/c1-21(12-6-11-18(22)24-2)19(23)16-9-3-4-10-17(16)25-15-8-5-7-14(20)13-15/h3-5,7-10,13H,6,11-12H2,1-2H3. The second kappa shape index (κ2) is 9.22. The summed E-state index contributed by atoms with van der Waals surface area (Å²) in [5.74, 6) is 0.697. The first kappa shape index (κ1) is 19.0. The fraction of sp³-hybridized carbons (Fsp3) is 0.263. The fourth-order valence-corrected chi connectivity index (χ4v) is 2.64. The van der Waals surface area contributed by atoms with Gasteiger partial charge in [0.1, 0.15) is 11.5 Å². The van der Waals surface area contributed by atoms with Crippen LogP contribution in [0.15, 0.2) is 53.0 Å². The molecule has 0 heterocycles. The Bertz CT molecular complexity index is 748. The smallest absolute Gasteiger partial charge is 0.305 e. The van der Waals surface area contributed by atoms with Crippen LogP contribution < -0.4 is 4.74 Å². The minimum absolute atomic E-state index is 0.157. The SMILES string of the molecule is COC(=O)CCCN(C)C(=O)c1ccccc1Oc1cccc(Br)c1. The maximum absolute atomic E-state index is 12.7. The van der Waals surface area contributed by atoms with Crippen LogP contribution >= 0.6 is 15.9 Å². The number of benzene rings is 2. The largest absolute Gasteiger partial charge is 0.469 e. The van der Waals surface area contributed by atoms with E-state index >= 15 is 0 Å². The van der Waals surface area contributed by atoms with Crippen LogP contribution in [-0.4, -0.2) is 37.5 Å². The van der Waals surface area contributed by atoms with Gasteiger partial charge in [0.05, 0.1) is 12.7 Å². The van der Waals surface area contributed by atoms with Crippen molar-refractivity contribution in [1.82, 2.24) is 4.90 Å². The highest BCUT2D eigenvalue weighted by atomic mass is 79.9. The van der Waals surface area contributed by atoms with Crippen molar-refractivity contribution in [3.8, 4) is 11.5 Å². The average Bonchev–Trinajstić information content (AvgIpc) is 2.61. The summed E-state index contributed by atoms with van der Waals surface area (Å²) in [6.45, 7) is 0.457. The van der Waals surface area contributed by atoms with E-state index in [-0.39, 0.29) is 18.3 Å². The quantitative estimate of drug-likeness (QED) is 0.645. The van der Waals surface area contributed by atoms with Crippen molar-refractivity contribution >= 4 is 27.8 Å². The first-order valence-electron chi connectivity index (χ1n) is 7.86. The van der Waals surface area contributed by atoms with Gasteiger partial charge in [-0.1, -0.05) is 34.1 Å². The van der Waals surface area contributed by atoms with E-state index in [0.717, 1.165) is 4.47 Å². The summed E-state index contributed by atoms with van der Waals surface area (Å²) in [4.78, 5) is 25.4. The monoisotopic (exact) mass is 405 g/mol. The van der Waals surface area contributed by atoms with E-state index in [1.54, 1.807) is 30.1 Å². The lowest BCUT2D eigenvalue weighted by molar-refractivity contribution is -0.140. The molecule has 2 aromatic rings. The van der Waals surface area contributed by atoms with Crippen LogP contribution in [0.3, 0.4) is 0 Å². The van der Waals surface area contributed by atoms with Gasteiger partial charge in [-0.3, -0.25) is 9.59 Å². The molecule has 25 heavy (non-hydrogen) atoms. The Morgan fingerprint density at radius 1 is 1.12 bits per heavy atom. The van der Waals surface area contributed by atoms with Crippen LogP contribution in [0.1, 0.15) is 23.2 Å². The van der Waals surface area contributed by atoms with Gasteiger partial charge in [0.25, 0.3) is 5.91 Å². The number of carbonyl (C=O) groups is 2. The van der Waals surface area contributed by atoms with Crippen LogP contribution in [0.2, 0.25) is 0 Å². The predicted octanol–water partition coefficient (Wildman–Crippen LogP) is 4.27. The van der Waals surface area contributed by atoms with E-state index in [0.29, 0.717) is 30.0 Å². The van der Waals surface area contributed by atoms with Crippen LogP contribution in [-0.2, 0) is 9.53 Å². The Morgan fingerprint density at radius 2 is 1.88 bits per heavy atom. The molecule has 0 saturated heterocycles. The van der Waals surface area contributed by atoms with Crippen molar-refractivity contribution in [2.45, 2.75) is 12.8 Å². The second-order valence-corrected chi connectivity index (χ2v) is 6.38. The lowest BCUT2D eigenvalue weighted by Gasteiger charge is -2.19. The Morgan fingerprint density at radius 3 is 2.60 bits per heavy atom. The molecule has 132 valence electrons. The predicted molar refractivity (Wildman–Crippen MR) is 98.9 cm³/mol. The number of nitrogens with zero attached hydrogens (tertiary/aromatic N) is 1. The van der Waals surface area contributed by atoms with Crippen LogP contribution in [0.5, 0.6) is 11.5 Å². The zero-order chi connectivity index (χ0) is 18.2. The molecule has 0 aliphatic heterocycles. The molecule has 0 aliphatic rings. The summed E-state index contributed by atoms with van der Waals surface area (Å²) in [7, 11) is 3.06. The Hall–Kier alpha value is -2.34. The Kier molecular flexibility index (Phi) is 7.01. The Labute approximate surface area is 155 Å². The molecule has 0 atom stereocenters. The highest BCUT2D eigenvalue weighted by molar-refractivity contribution is 9.10. The molecule has 0 saturated carbocycles. The molecular formula is C19H20BrNO4. The number of hydrogen-bond acceptors (Lipinski definition) is 4. The van der Waals surface area contributed by atoms with Gasteiger partial charge in [-0.25, -0.2) is 0 Å². The molecule has 0 spiro atoms. The number of methoxy groups -OCH3 is 1. The van der Waals surface area contributed by atoms with Gasteiger partial charge in [0.15, 0.2) is 0 Å². The van der Waals surface area contributed by atoms with E-state index in [1.165, 1.54) is 7.11 Å². The van der Waals surface area contributed by atoms with Crippen molar-refractivity contribution in [2.24, 2.45) is 0 Å². The summed E-state index contributed by atoms with van der Waals surface area (Å²) < 4.78 is 11.4. The number of hydrogen-bond donors (Lipinski definition) is 0. The molecule has 0 radical (unpaired) electrons. The molecule has 0 fully saturated rings. The maximum Gasteiger partial charge on any atom is 0.305 e. The van der Waals surface area contributed by atoms with E-state index in [4.69, 9.17) is 4.74 Å². The molecule has 0 unspecified atom stereocenters. The highest BCUT2D eigenvalue weighted by Gasteiger charge is 2.17. The topological polar surface area (TPSA) is 55.8 Å². The van der Waals surface area contributed by atoms with Gasteiger partial charge in [0.2, 0.25) is 0 Å². The number of amides is 1. The van der Waals surface area contributed by atoms with Crippen LogP contribution in [0, 0.1) is 0 Å². The van der Waals surface area contributed by atoms with Crippen molar-refractivity contribution in [3.63, 3.8) is 0 Å². The van der Waals surface area contributed by atoms with Gasteiger partial charge in [-0.15, -0.1) is 0 Å². The summed E-state index contributed by atoms with van der Waals surface area (Å²) in [5.41, 5.74) is 0.475. The average molecular weight is 406 g/mol. The lowest BCUT2D eigenvalue weighted by atomic mass is 10.1. The second-order valence-electron chi connectivity index (χ2n) is 5.46. The molecule has 0 N–H and O–H groups in total. The van der Waals surface area contributed by atoms with Crippen molar-refractivity contribution in [2.75, 3.05) is 20.7 Å². The third kappa shape index (κ3) is 5.60. The lowest BCUT2D eigenvalue weighted by Crippen LogP contribution is -2.28. The van der Waals surface area contributed by atoms with Gasteiger partial charge in [-0.2, -0.15) is 0 Å². The molecular weight excluding hydrogens is 386 g/mol. The molecule has 5 nitrogen and oxygen atoms in total. The molecule has 2 aromatic carbocycles. The van der Waals surface area contributed by atoms with E-state index in [1.807, 2.05) is 30.3 Å². The fourth-order valence-electron chi connectivity index (χ4n) is 2.26. The summed E-state index contributed by atoms with van der Waals surface area (Å²) in [6.07, 6.45) is 0.827. The zero-order valence-electron chi connectivity index (χ0n) is 14.2. The minimum atomic E-state index is -0.278.